The fourth-order valence-electron chi connectivity index (χ4n) is 11.6. The number of hydrogen-bond donors (Lipinski definition) is 0. The van der Waals surface area contributed by atoms with E-state index in [1.807, 2.05) is 24.9 Å². The zero-order chi connectivity index (χ0) is 37.8. The molecule has 6 aliphatic rings. The Hall–Kier alpha value is -3.50. The zero-order valence-corrected chi connectivity index (χ0v) is 34.7. The zero-order valence-electron chi connectivity index (χ0n) is 33.8. The van der Waals surface area contributed by atoms with E-state index in [9.17, 15) is 4.79 Å². The first-order valence-electron chi connectivity index (χ1n) is 20.9. The molecule has 0 amide bonds. The summed E-state index contributed by atoms with van der Waals surface area (Å²) in [7, 11) is 1.86. The molecule has 284 valence electrons. The van der Waals surface area contributed by atoms with Crippen molar-refractivity contribution < 1.29 is 9.53 Å². The maximum Gasteiger partial charge on any atom is 0.143 e. The van der Waals surface area contributed by atoms with E-state index in [0.717, 1.165) is 67.6 Å². The SMILES string of the molecule is COc1ccc(N2CCCc3cc(/C=C/C4=C(Sc5c(C(C)C)cccc5C(C)C)C(=C/C=O)/CC(C)(C)C4)ccc32)cc1C12CC3CC(CC(C3)C1)C2. The van der Waals surface area contributed by atoms with E-state index in [0.29, 0.717) is 11.8 Å². The molecule has 0 radical (unpaired) electrons. The molecular weight excluding hydrogens is 679 g/mol. The molecular formula is C50H61NO2S. The highest BCUT2D eigenvalue weighted by molar-refractivity contribution is 8.03. The monoisotopic (exact) mass is 739 g/mol. The highest BCUT2D eigenvalue weighted by atomic mass is 32.2. The first-order chi connectivity index (χ1) is 26.0. The van der Waals surface area contributed by atoms with Gasteiger partial charge in [-0.15, -0.1) is 0 Å². The summed E-state index contributed by atoms with van der Waals surface area (Å²) in [5, 5.41) is 0. The lowest BCUT2D eigenvalue weighted by atomic mass is 9.48. The lowest BCUT2D eigenvalue weighted by Crippen LogP contribution is -2.48. The van der Waals surface area contributed by atoms with Crippen molar-refractivity contribution in [2.45, 2.75) is 128 Å². The molecule has 1 aliphatic heterocycles. The maximum absolute atomic E-state index is 12.0. The van der Waals surface area contributed by atoms with Gasteiger partial charge in [0.25, 0.3) is 0 Å². The number of fused-ring (bicyclic) bond motifs is 1. The van der Waals surface area contributed by atoms with Crippen molar-refractivity contribution in [3.63, 3.8) is 0 Å². The molecule has 4 bridgehead atoms. The van der Waals surface area contributed by atoms with Crippen LogP contribution in [-0.4, -0.2) is 19.9 Å². The quantitative estimate of drug-likeness (QED) is 0.153. The highest BCUT2D eigenvalue weighted by Gasteiger charge is 2.52. The van der Waals surface area contributed by atoms with E-state index in [1.165, 1.54) is 93.1 Å². The average Bonchev–Trinajstić information content (AvgIpc) is 3.13. The number of aldehydes is 1. The standard InChI is InChI=1S/C50H61NO2S/c1-32(2)42-11-8-12-43(33(3)4)48(42)54-47-39(30-49(5,6)31-40(47)19-21-52)15-13-34-14-17-45-38(25-34)10-9-20-51(45)41-16-18-46(53-7)44(26-41)50-27-35-22-36(28-50)24-37(23-35)29-50/h8,11-19,21,25-26,32-33,35-37H,9-10,20,22-24,27-31H2,1-7H3/b15-13+,40-19+. The molecule has 3 nitrogen and oxygen atoms in total. The number of allylic oxidation sites excluding steroid dienone is 4. The van der Waals surface area contributed by atoms with Crippen molar-refractivity contribution in [3.05, 3.63) is 111 Å². The van der Waals surface area contributed by atoms with Gasteiger partial charge in [0.05, 0.1) is 7.11 Å². The third kappa shape index (κ3) is 7.17. The number of ether oxygens (including phenoxy) is 1. The summed E-state index contributed by atoms with van der Waals surface area (Å²) in [6.07, 6.45) is 20.0. The number of carbonyl (C=O) groups excluding carboxylic acids is 1. The summed E-state index contributed by atoms with van der Waals surface area (Å²) in [6.45, 7) is 14.9. The molecule has 0 unspecified atom stereocenters. The Morgan fingerprint density at radius 3 is 2.17 bits per heavy atom. The van der Waals surface area contributed by atoms with Gasteiger partial charge in [-0.3, -0.25) is 4.79 Å². The minimum atomic E-state index is 0.0702. The van der Waals surface area contributed by atoms with Crippen LogP contribution in [0.3, 0.4) is 0 Å². The normalized spacial score (nSPS) is 26.7. The summed E-state index contributed by atoms with van der Waals surface area (Å²) < 4.78 is 6.09. The first-order valence-corrected chi connectivity index (χ1v) is 21.7. The van der Waals surface area contributed by atoms with Crippen LogP contribution in [0.15, 0.2) is 87.7 Å². The fraction of sp³-hybridized carbons (Fsp3) is 0.500. The summed E-state index contributed by atoms with van der Waals surface area (Å²) in [4.78, 5) is 17.2. The van der Waals surface area contributed by atoms with E-state index >= 15 is 0 Å². The van der Waals surface area contributed by atoms with Gasteiger partial charge in [0.15, 0.2) is 0 Å². The molecule has 0 spiro atoms. The molecule has 5 aliphatic carbocycles. The van der Waals surface area contributed by atoms with Crippen LogP contribution in [0, 0.1) is 23.2 Å². The third-order valence-electron chi connectivity index (χ3n) is 13.5. The minimum Gasteiger partial charge on any atom is -0.496 e. The van der Waals surface area contributed by atoms with Gasteiger partial charge in [-0.05, 0) is 174 Å². The summed E-state index contributed by atoms with van der Waals surface area (Å²) >= 11 is 1.89. The Kier molecular flexibility index (Phi) is 10.3. The van der Waals surface area contributed by atoms with Crippen LogP contribution in [0.5, 0.6) is 5.75 Å². The van der Waals surface area contributed by atoms with Crippen molar-refractivity contribution in [1.82, 2.24) is 0 Å². The number of carbonyl (C=O) groups is 1. The van der Waals surface area contributed by atoms with Crippen LogP contribution in [-0.2, 0) is 16.6 Å². The Morgan fingerprint density at radius 2 is 1.54 bits per heavy atom. The maximum atomic E-state index is 12.0. The lowest BCUT2D eigenvalue weighted by molar-refractivity contribution is -0.104. The van der Waals surface area contributed by atoms with Gasteiger partial charge in [-0.2, -0.15) is 0 Å². The number of thioether (sulfide) groups is 1. The number of benzene rings is 3. The molecule has 0 aromatic heterocycles. The van der Waals surface area contributed by atoms with Crippen molar-refractivity contribution in [2.75, 3.05) is 18.6 Å². The molecule has 3 aromatic carbocycles. The van der Waals surface area contributed by atoms with Crippen LogP contribution >= 0.6 is 11.8 Å². The fourth-order valence-corrected chi connectivity index (χ4v) is 13.1. The minimum absolute atomic E-state index is 0.0702. The van der Waals surface area contributed by atoms with Gasteiger partial charge in [-0.1, -0.05) is 89.7 Å². The summed E-state index contributed by atoms with van der Waals surface area (Å²) in [6, 6.07) is 21.0. The van der Waals surface area contributed by atoms with Gasteiger partial charge in [0.1, 0.15) is 12.0 Å². The average molecular weight is 740 g/mol. The van der Waals surface area contributed by atoms with Crippen LogP contribution in [0.25, 0.3) is 6.08 Å². The number of rotatable bonds is 10. The molecule has 0 N–H and O–H groups in total. The molecule has 1 heterocycles. The number of nitrogens with zero attached hydrogens (tertiary/aromatic N) is 1. The largest absolute Gasteiger partial charge is 0.496 e. The number of methoxy groups -OCH3 is 1. The Bertz CT molecular complexity index is 1950. The number of hydrogen-bond acceptors (Lipinski definition) is 4. The first kappa shape index (κ1) is 37.4. The second kappa shape index (κ2) is 14.9. The van der Waals surface area contributed by atoms with E-state index in [2.05, 4.69) is 113 Å². The van der Waals surface area contributed by atoms with Crippen molar-refractivity contribution >= 4 is 35.5 Å². The van der Waals surface area contributed by atoms with Crippen LogP contribution in [0.2, 0.25) is 0 Å². The molecule has 0 saturated heterocycles. The van der Waals surface area contributed by atoms with Crippen molar-refractivity contribution in [2.24, 2.45) is 23.2 Å². The summed E-state index contributed by atoms with van der Waals surface area (Å²) in [5.74, 6) is 4.63. The van der Waals surface area contributed by atoms with Gasteiger partial charge >= 0.3 is 0 Å². The predicted octanol–water partition coefficient (Wildman–Crippen LogP) is 13.5. The van der Waals surface area contributed by atoms with Gasteiger partial charge in [0, 0.05) is 33.3 Å². The molecule has 9 rings (SSSR count). The molecule has 54 heavy (non-hydrogen) atoms. The number of aryl methyl sites for hydroxylation is 1. The highest BCUT2D eigenvalue weighted by Crippen LogP contribution is 2.62. The van der Waals surface area contributed by atoms with E-state index < -0.39 is 0 Å². The van der Waals surface area contributed by atoms with E-state index in [-0.39, 0.29) is 10.8 Å². The van der Waals surface area contributed by atoms with E-state index in [1.54, 1.807) is 0 Å². The molecule has 3 aromatic rings. The van der Waals surface area contributed by atoms with Crippen LogP contribution in [0.1, 0.15) is 139 Å². The topological polar surface area (TPSA) is 29.5 Å². The van der Waals surface area contributed by atoms with Crippen LogP contribution in [0.4, 0.5) is 11.4 Å². The van der Waals surface area contributed by atoms with E-state index in [4.69, 9.17) is 4.74 Å². The third-order valence-corrected chi connectivity index (χ3v) is 14.9. The Balaban J connectivity index is 1.12. The van der Waals surface area contributed by atoms with Crippen LogP contribution < -0.4 is 9.64 Å². The van der Waals surface area contributed by atoms with Crippen molar-refractivity contribution in [1.29, 1.82) is 0 Å². The van der Waals surface area contributed by atoms with Gasteiger partial charge < -0.3 is 9.64 Å². The second-order valence-electron chi connectivity index (χ2n) is 18.9. The van der Waals surface area contributed by atoms with Gasteiger partial charge in [0.2, 0.25) is 0 Å². The Morgan fingerprint density at radius 1 is 0.852 bits per heavy atom. The molecule has 4 fully saturated rings. The predicted molar refractivity (Wildman–Crippen MR) is 228 cm³/mol. The lowest BCUT2D eigenvalue weighted by Gasteiger charge is -2.57. The molecule has 4 saturated carbocycles. The Labute approximate surface area is 329 Å². The smallest absolute Gasteiger partial charge is 0.143 e. The number of anilines is 2. The van der Waals surface area contributed by atoms with Crippen molar-refractivity contribution in [3.8, 4) is 5.75 Å². The molecule has 4 heteroatoms. The molecule has 0 atom stereocenters. The van der Waals surface area contributed by atoms with Gasteiger partial charge in [-0.25, -0.2) is 0 Å². The second-order valence-corrected chi connectivity index (χ2v) is 20.0. The summed E-state index contributed by atoms with van der Waals surface area (Å²) in [5.41, 5.74) is 12.4.